The number of amides is 1. The number of ether oxygens (including phenoxy) is 1. The highest BCUT2D eigenvalue weighted by Gasteiger charge is 2.30. The van der Waals surface area contributed by atoms with Crippen LogP contribution in [-0.4, -0.2) is 45.6 Å². The lowest BCUT2D eigenvalue weighted by Crippen LogP contribution is -2.42. The summed E-state index contributed by atoms with van der Waals surface area (Å²) in [7, 11) is 0. The maximum absolute atomic E-state index is 12.7. The highest BCUT2D eigenvalue weighted by atomic mass is 16.5. The van der Waals surface area contributed by atoms with E-state index in [-0.39, 0.29) is 17.8 Å². The molecule has 1 aliphatic rings. The molecule has 0 saturated carbocycles. The zero-order valence-electron chi connectivity index (χ0n) is 16.1. The fourth-order valence-corrected chi connectivity index (χ4v) is 3.42. The molecule has 0 N–H and O–H groups in total. The van der Waals surface area contributed by atoms with Gasteiger partial charge in [-0.15, -0.1) is 0 Å². The zero-order chi connectivity index (χ0) is 19.7. The van der Waals surface area contributed by atoms with Gasteiger partial charge in [-0.3, -0.25) is 4.79 Å². The Kier molecular flexibility index (Phi) is 4.95. The molecule has 1 atom stereocenters. The first kappa shape index (κ1) is 18.4. The molecule has 0 bridgehead atoms. The molecular weight excluding hydrogens is 360 g/mol. The summed E-state index contributed by atoms with van der Waals surface area (Å²) in [5.74, 6) is 0.905. The minimum absolute atomic E-state index is 0.178. The Labute approximate surface area is 162 Å². The molecule has 1 fully saturated rings. The molecule has 4 rings (SSSR count). The summed E-state index contributed by atoms with van der Waals surface area (Å²) < 4.78 is 16.6. The predicted molar refractivity (Wildman–Crippen MR) is 99.7 cm³/mol. The van der Waals surface area contributed by atoms with Crippen LogP contribution in [0.25, 0.3) is 11.3 Å². The van der Waals surface area contributed by atoms with E-state index in [2.05, 4.69) is 10.1 Å². The summed E-state index contributed by atoms with van der Waals surface area (Å²) in [6.07, 6.45) is 1.71. The number of hydrogen-bond donors (Lipinski definition) is 0. The molecule has 3 aromatic rings. The van der Waals surface area contributed by atoms with E-state index in [1.54, 1.807) is 11.8 Å². The first-order valence-corrected chi connectivity index (χ1v) is 9.32. The number of aryl methyl sites for hydroxylation is 3. The van der Waals surface area contributed by atoms with Gasteiger partial charge in [0.25, 0.3) is 5.91 Å². The van der Waals surface area contributed by atoms with Crippen LogP contribution in [0.5, 0.6) is 0 Å². The Morgan fingerprint density at radius 3 is 2.89 bits per heavy atom. The second kappa shape index (κ2) is 7.55. The van der Waals surface area contributed by atoms with Gasteiger partial charge < -0.3 is 18.6 Å². The minimum Gasteiger partial charge on any atom is -0.438 e. The molecule has 8 heteroatoms. The van der Waals surface area contributed by atoms with Gasteiger partial charge in [0.05, 0.1) is 41.5 Å². The monoisotopic (exact) mass is 382 g/mol. The fraction of sp³-hybridized carbons (Fsp3) is 0.400. The van der Waals surface area contributed by atoms with Crippen LogP contribution in [0.3, 0.4) is 0 Å². The lowest BCUT2D eigenvalue weighted by atomic mass is 10.1. The molecule has 8 nitrogen and oxygen atoms in total. The molecule has 0 aliphatic carbocycles. The number of morpholine rings is 1. The van der Waals surface area contributed by atoms with Gasteiger partial charge in [-0.25, -0.2) is 9.97 Å². The van der Waals surface area contributed by atoms with E-state index in [1.165, 1.54) is 6.39 Å². The first-order valence-electron chi connectivity index (χ1n) is 9.32. The van der Waals surface area contributed by atoms with E-state index in [0.717, 1.165) is 34.8 Å². The van der Waals surface area contributed by atoms with E-state index < -0.39 is 0 Å². The molecule has 0 unspecified atom stereocenters. The van der Waals surface area contributed by atoms with Crippen molar-refractivity contribution in [2.24, 2.45) is 0 Å². The lowest BCUT2D eigenvalue weighted by molar-refractivity contribution is -0.0256. The van der Waals surface area contributed by atoms with E-state index >= 15 is 0 Å². The third kappa shape index (κ3) is 3.31. The summed E-state index contributed by atoms with van der Waals surface area (Å²) in [6, 6.07) is 5.79. The van der Waals surface area contributed by atoms with Crippen LogP contribution in [0.4, 0.5) is 0 Å². The molecule has 0 radical (unpaired) electrons. The summed E-state index contributed by atoms with van der Waals surface area (Å²) >= 11 is 0. The summed E-state index contributed by atoms with van der Waals surface area (Å²) in [5.41, 5.74) is 3.88. The molecular formula is C20H22N4O4. The average molecular weight is 382 g/mol. The van der Waals surface area contributed by atoms with E-state index in [4.69, 9.17) is 18.7 Å². The number of aromatic nitrogens is 3. The second-order valence-electron chi connectivity index (χ2n) is 6.74. The number of pyridine rings is 1. The first-order chi connectivity index (χ1) is 13.6. The van der Waals surface area contributed by atoms with Crippen molar-refractivity contribution in [3.8, 4) is 11.3 Å². The third-order valence-corrected chi connectivity index (χ3v) is 4.90. The van der Waals surface area contributed by atoms with Crippen LogP contribution < -0.4 is 0 Å². The highest BCUT2D eigenvalue weighted by molar-refractivity contribution is 5.92. The Morgan fingerprint density at radius 2 is 2.14 bits per heavy atom. The molecule has 1 amide bonds. The predicted octanol–water partition coefficient (Wildman–Crippen LogP) is 3.12. The van der Waals surface area contributed by atoms with Gasteiger partial charge >= 0.3 is 0 Å². The maximum atomic E-state index is 12.7. The minimum atomic E-state index is -0.314. The summed E-state index contributed by atoms with van der Waals surface area (Å²) in [5, 5.41) is 4.06. The van der Waals surface area contributed by atoms with Crippen LogP contribution >= 0.6 is 0 Å². The largest absolute Gasteiger partial charge is 0.438 e. The Morgan fingerprint density at radius 1 is 1.29 bits per heavy atom. The van der Waals surface area contributed by atoms with Gasteiger partial charge in [0.15, 0.2) is 6.39 Å². The fourth-order valence-electron chi connectivity index (χ4n) is 3.42. The third-order valence-electron chi connectivity index (χ3n) is 4.90. The van der Waals surface area contributed by atoms with E-state index in [1.807, 2.05) is 32.0 Å². The highest BCUT2D eigenvalue weighted by Crippen LogP contribution is 2.29. The SMILES string of the molecule is CCc1onc(C)c1-c1cccc([C@H]2CN(C(=O)c3ocnc3C)CCO2)n1. The topological polar surface area (TPSA) is 94.5 Å². The van der Waals surface area contributed by atoms with Gasteiger partial charge in [0.2, 0.25) is 5.76 Å². The van der Waals surface area contributed by atoms with Crippen molar-refractivity contribution in [3.05, 3.63) is 53.2 Å². The molecule has 4 heterocycles. The van der Waals surface area contributed by atoms with Crippen LogP contribution in [0, 0.1) is 13.8 Å². The van der Waals surface area contributed by atoms with Crippen molar-refractivity contribution in [1.29, 1.82) is 0 Å². The molecule has 28 heavy (non-hydrogen) atoms. The lowest BCUT2D eigenvalue weighted by Gasteiger charge is -2.32. The second-order valence-corrected chi connectivity index (χ2v) is 6.74. The van der Waals surface area contributed by atoms with Crippen LogP contribution in [-0.2, 0) is 11.2 Å². The van der Waals surface area contributed by atoms with Gasteiger partial charge in [-0.2, -0.15) is 0 Å². The van der Waals surface area contributed by atoms with Gasteiger partial charge in [-0.05, 0) is 26.0 Å². The quantitative estimate of drug-likeness (QED) is 0.684. The van der Waals surface area contributed by atoms with Crippen molar-refractivity contribution >= 4 is 5.91 Å². The van der Waals surface area contributed by atoms with Crippen molar-refractivity contribution in [1.82, 2.24) is 20.0 Å². The Hall–Kier alpha value is -3.00. The number of carbonyl (C=O) groups is 1. The number of hydrogen-bond acceptors (Lipinski definition) is 7. The summed E-state index contributed by atoms with van der Waals surface area (Å²) in [4.78, 5) is 23.2. The zero-order valence-corrected chi connectivity index (χ0v) is 16.1. The average Bonchev–Trinajstić information content (AvgIpc) is 3.32. The smallest absolute Gasteiger partial charge is 0.291 e. The van der Waals surface area contributed by atoms with Gasteiger partial charge in [-0.1, -0.05) is 18.1 Å². The molecule has 146 valence electrons. The van der Waals surface area contributed by atoms with Crippen molar-refractivity contribution < 1.29 is 18.5 Å². The number of rotatable bonds is 4. The molecule has 0 spiro atoms. The van der Waals surface area contributed by atoms with Crippen molar-refractivity contribution in [2.45, 2.75) is 33.3 Å². The summed E-state index contributed by atoms with van der Waals surface area (Å²) in [6.45, 7) is 7.02. The Balaban J connectivity index is 1.58. The van der Waals surface area contributed by atoms with Crippen LogP contribution in [0.15, 0.2) is 33.5 Å². The number of carbonyl (C=O) groups excluding carboxylic acids is 1. The number of nitrogens with zero attached hydrogens (tertiary/aromatic N) is 4. The van der Waals surface area contributed by atoms with Gasteiger partial charge in [0.1, 0.15) is 11.9 Å². The molecule has 3 aromatic heterocycles. The van der Waals surface area contributed by atoms with Crippen molar-refractivity contribution in [3.63, 3.8) is 0 Å². The maximum Gasteiger partial charge on any atom is 0.291 e. The molecule has 0 aromatic carbocycles. The van der Waals surface area contributed by atoms with Crippen molar-refractivity contribution in [2.75, 3.05) is 19.7 Å². The van der Waals surface area contributed by atoms with Gasteiger partial charge in [0, 0.05) is 13.0 Å². The number of oxazole rings is 1. The van der Waals surface area contributed by atoms with E-state index in [9.17, 15) is 4.79 Å². The normalized spacial score (nSPS) is 17.1. The Bertz CT molecular complexity index is 994. The van der Waals surface area contributed by atoms with Crippen LogP contribution in [0.1, 0.15) is 46.4 Å². The molecule has 1 aliphatic heterocycles. The molecule has 1 saturated heterocycles. The van der Waals surface area contributed by atoms with Crippen LogP contribution in [0.2, 0.25) is 0 Å². The standard InChI is InChI=1S/C20H22N4O4/c1-4-16-18(12(2)23-28-16)15-7-5-6-14(22-15)17-10-24(8-9-26-17)20(25)19-13(3)21-11-27-19/h5-7,11,17H,4,8-10H2,1-3H3/t17-/m1/s1. The van der Waals surface area contributed by atoms with E-state index in [0.29, 0.717) is 25.4 Å².